The largest absolute Gasteiger partial charge is 0.381 e. The smallest absolute Gasteiger partial charge is 0.259 e. The Labute approximate surface area is 331 Å². The van der Waals surface area contributed by atoms with Gasteiger partial charge in [-0.1, -0.05) is 58.0 Å². The summed E-state index contributed by atoms with van der Waals surface area (Å²) in [5.74, 6) is -0.753. The average molecular weight is 774 g/mol. The fraction of sp³-hybridized carbons (Fsp3) is 0.333. The van der Waals surface area contributed by atoms with Gasteiger partial charge >= 0.3 is 0 Å². The number of rotatable bonds is 7. The minimum atomic E-state index is -0.546. The first-order chi connectivity index (χ1) is 27.1. The number of anilines is 4. The first kappa shape index (κ1) is 38.9. The second kappa shape index (κ2) is 16.4. The molecule has 5 aromatic rings. The predicted molar refractivity (Wildman–Crippen MR) is 223 cm³/mol. The molecule has 2 fully saturated rings. The van der Waals surface area contributed by atoms with Crippen molar-refractivity contribution in [2.45, 2.75) is 59.8 Å². The molecule has 56 heavy (non-hydrogen) atoms. The van der Waals surface area contributed by atoms with Crippen molar-refractivity contribution in [3.63, 3.8) is 0 Å². The van der Waals surface area contributed by atoms with E-state index in [4.69, 9.17) is 4.74 Å². The van der Waals surface area contributed by atoms with Crippen LogP contribution in [-0.4, -0.2) is 55.6 Å². The molecule has 0 atom stereocenters. The van der Waals surface area contributed by atoms with E-state index in [9.17, 15) is 18.8 Å². The van der Waals surface area contributed by atoms with E-state index in [1.165, 1.54) is 17.4 Å². The zero-order valence-electron chi connectivity index (χ0n) is 32.6. The lowest BCUT2D eigenvalue weighted by Gasteiger charge is -2.53. The van der Waals surface area contributed by atoms with Crippen LogP contribution in [0.1, 0.15) is 94.2 Å². The number of ether oxygens (including phenoxy) is 1. The molecule has 3 aromatic carbocycles. The molecule has 0 radical (unpaired) electrons. The van der Waals surface area contributed by atoms with Gasteiger partial charge in [0, 0.05) is 66.2 Å². The molecular weight excluding hydrogens is 726 g/mol. The summed E-state index contributed by atoms with van der Waals surface area (Å²) in [7, 11) is 0. The molecule has 3 aliphatic heterocycles. The molecule has 0 bridgehead atoms. The number of nitrogens with zero attached hydrogens (tertiary/aromatic N) is 3. The van der Waals surface area contributed by atoms with E-state index in [0.29, 0.717) is 46.2 Å². The van der Waals surface area contributed by atoms with Crippen molar-refractivity contribution in [3.8, 4) is 10.4 Å². The highest BCUT2D eigenvalue weighted by Crippen LogP contribution is 2.44. The molecule has 1 spiro atoms. The molecule has 2 N–H and O–H groups in total. The molecule has 0 saturated carbocycles. The van der Waals surface area contributed by atoms with Gasteiger partial charge in [-0.05, 0) is 97.3 Å². The summed E-state index contributed by atoms with van der Waals surface area (Å²) in [4.78, 5) is 50.6. The summed E-state index contributed by atoms with van der Waals surface area (Å²) in [5.41, 5.74) is 6.11. The molecule has 3 amide bonds. The first-order valence-corrected chi connectivity index (χ1v) is 20.3. The van der Waals surface area contributed by atoms with Crippen molar-refractivity contribution in [2.75, 3.05) is 53.3 Å². The zero-order valence-corrected chi connectivity index (χ0v) is 33.4. The van der Waals surface area contributed by atoms with Gasteiger partial charge < -0.3 is 25.2 Å². The highest BCUT2D eigenvalue weighted by atomic mass is 32.1. The Morgan fingerprint density at radius 3 is 2.38 bits per heavy atom. The van der Waals surface area contributed by atoms with Crippen molar-refractivity contribution >= 4 is 51.3 Å². The van der Waals surface area contributed by atoms with Crippen LogP contribution >= 0.6 is 11.3 Å². The number of carbonyl (C=O) groups is 3. The van der Waals surface area contributed by atoms with E-state index < -0.39 is 11.7 Å². The van der Waals surface area contributed by atoms with E-state index in [1.807, 2.05) is 71.0 Å². The summed E-state index contributed by atoms with van der Waals surface area (Å²) in [5, 5.41) is 6.58. The molecule has 0 unspecified atom stereocenters. The van der Waals surface area contributed by atoms with E-state index in [-0.39, 0.29) is 28.7 Å². The van der Waals surface area contributed by atoms with Gasteiger partial charge in [-0.3, -0.25) is 14.4 Å². The van der Waals surface area contributed by atoms with Crippen LogP contribution in [0.2, 0.25) is 0 Å². The zero-order chi connectivity index (χ0) is 39.6. The Hall–Kier alpha value is -5.39. The van der Waals surface area contributed by atoms with Crippen molar-refractivity contribution in [1.82, 2.24) is 4.98 Å². The molecule has 11 heteroatoms. The number of hydrogen-bond acceptors (Lipinski definition) is 7. The quantitative estimate of drug-likeness (QED) is 0.171. The average Bonchev–Trinajstić information content (AvgIpc) is 3.53. The summed E-state index contributed by atoms with van der Waals surface area (Å²) in [6.45, 7) is 13.5. The van der Waals surface area contributed by atoms with Gasteiger partial charge in [-0.25, -0.2) is 9.37 Å². The number of halogens is 1. The number of hydrogen-bond donors (Lipinski definition) is 2. The van der Waals surface area contributed by atoms with E-state index in [0.717, 1.165) is 66.4 Å². The highest BCUT2D eigenvalue weighted by molar-refractivity contribution is 7.19. The summed E-state index contributed by atoms with van der Waals surface area (Å²) in [6, 6.07) is 23.3. The molecule has 2 aromatic heterocycles. The summed E-state index contributed by atoms with van der Waals surface area (Å²) in [6.07, 6.45) is 4.41. The van der Waals surface area contributed by atoms with Crippen LogP contribution in [0.3, 0.4) is 0 Å². The lowest BCUT2D eigenvalue weighted by atomic mass is 9.73. The molecule has 3 aliphatic rings. The first-order valence-electron chi connectivity index (χ1n) is 19.4. The number of amides is 3. The number of thiophene rings is 1. The van der Waals surface area contributed by atoms with Crippen LogP contribution in [0, 0.1) is 18.2 Å². The highest BCUT2D eigenvalue weighted by Gasteiger charge is 2.45. The van der Waals surface area contributed by atoms with E-state index in [2.05, 4.69) is 20.5 Å². The van der Waals surface area contributed by atoms with Gasteiger partial charge in [0.15, 0.2) is 0 Å². The molecule has 2 saturated heterocycles. The standard InChI is InChI=1S/C43H42FN5O4S.C2H6/c1-26(2)31-8-6-9-34(44)37(31)41(51)47-36-22-29-15-18-49(35-10-5-4-7-32(35)38(29)54-36)42(52)28-11-13-30(14-12-28)46-40(50)33-21-27(3)23-45-39(33)48-24-43(25-48)16-19-53-20-17-43;1-2/h4-14,21-23,26H,15-20,24-25H2,1-3H3,(H,46,50)(H,47,51);1-2H3. The van der Waals surface area contributed by atoms with Crippen LogP contribution in [0.15, 0.2) is 85.1 Å². The Morgan fingerprint density at radius 1 is 0.911 bits per heavy atom. The minimum Gasteiger partial charge on any atom is -0.381 e. The number of benzene rings is 3. The molecule has 290 valence electrons. The molecule has 0 aliphatic carbocycles. The van der Waals surface area contributed by atoms with E-state index in [1.54, 1.807) is 47.5 Å². The number of nitrogens with one attached hydrogen (secondary N) is 2. The maximum Gasteiger partial charge on any atom is 0.259 e. The van der Waals surface area contributed by atoms with Crippen LogP contribution in [0.25, 0.3) is 10.4 Å². The van der Waals surface area contributed by atoms with Crippen molar-refractivity contribution in [2.24, 2.45) is 5.41 Å². The Kier molecular flexibility index (Phi) is 11.4. The lowest BCUT2D eigenvalue weighted by Crippen LogP contribution is -2.59. The van der Waals surface area contributed by atoms with Gasteiger partial charge in [-0.2, -0.15) is 0 Å². The third-order valence-electron chi connectivity index (χ3n) is 10.8. The number of fused-ring (bicyclic) bond motifs is 3. The fourth-order valence-electron chi connectivity index (χ4n) is 7.87. The second-order valence-electron chi connectivity index (χ2n) is 14.9. The van der Waals surface area contributed by atoms with E-state index >= 15 is 0 Å². The third kappa shape index (κ3) is 7.70. The van der Waals surface area contributed by atoms with Crippen LogP contribution in [-0.2, 0) is 11.2 Å². The van der Waals surface area contributed by atoms with Crippen LogP contribution in [0.5, 0.6) is 0 Å². The molecule has 8 rings (SSSR count). The SMILES string of the molecule is CC.Cc1cnc(N2CC3(CCOCC3)C2)c(C(=O)Nc2ccc(C(=O)N3CCc4cc(NC(=O)c5c(F)cccc5C(C)C)sc4-c4ccccc43)cc2)c1. The Morgan fingerprint density at radius 2 is 1.64 bits per heavy atom. The minimum absolute atomic E-state index is 0.0166. The monoisotopic (exact) mass is 773 g/mol. The van der Waals surface area contributed by atoms with Gasteiger partial charge in [0.2, 0.25) is 0 Å². The molecule has 9 nitrogen and oxygen atoms in total. The predicted octanol–water partition coefficient (Wildman–Crippen LogP) is 9.73. The fourth-order valence-corrected chi connectivity index (χ4v) is 9.01. The maximum atomic E-state index is 14.8. The molecular formula is C45H48FN5O4S. The van der Waals surface area contributed by atoms with Gasteiger partial charge in [-0.15, -0.1) is 11.3 Å². The van der Waals surface area contributed by atoms with Crippen molar-refractivity contribution < 1.29 is 23.5 Å². The van der Waals surface area contributed by atoms with Crippen LogP contribution in [0.4, 0.5) is 26.6 Å². The van der Waals surface area contributed by atoms with Crippen molar-refractivity contribution in [1.29, 1.82) is 0 Å². The number of carbonyl (C=O) groups excluding carboxylic acids is 3. The van der Waals surface area contributed by atoms with Crippen LogP contribution < -0.4 is 20.4 Å². The summed E-state index contributed by atoms with van der Waals surface area (Å²) >= 11 is 1.42. The van der Waals surface area contributed by atoms with Gasteiger partial charge in [0.1, 0.15) is 11.6 Å². The van der Waals surface area contributed by atoms with Gasteiger partial charge in [0.25, 0.3) is 17.7 Å². The topological polar surface area (TPSA) is 104 Å². The van der Waals surface area contributed by atoms with Crippen molar-refractivity contribution in [3.05, 3.63) is 124 Å². The Bertz CT molecular complexity index is 2260. The second-order valence-corrected chi connectivity index (χ2v) is 15.9. The third-order valence-corrected chi connectivity index (χ3v) is 11.9. The van der Waals surface area contributed by atoms with Gasteiger partial charge in [0.05, 0.1) is 21.8 Å². The number of pyridine rings is 1. The summed E-state index contributed by atoms with van der Waals surface area (Å²) < 4.78 is 20.4. The Balaban J connectivity index is 0.00000237. The molecule has 5 heterocycles. The number of aryl methyl sites for hydroxylation is 1. The maximum absolute atomic E-state index is 14.8. The normalized spacial score (nSPS) is 15.5. The lowest BCUT2D eigenvalue weighted by molar-refractivity contribution is -0.000511. The number of aromatic nitrogens is 1. The number of para-hydroxylation sites is 1.